The summed E-state index contributed by atoms with van der Waals surface area (Å²) in [6.45, 7) is 2.89. The highest BCUT2D eigenvalue weighted by atomic mass is 35.5. The molecule has 2 unspecified atom stereocenters. The lowest BCUT2D eigenvalue weighted by Gasteiger charge is -2.37. The first-order valence-corrected chi connectivity index (χ1v) is 10.5. The number of pyridine rings is 1. The lowest BCUT2D eigenvalue weighted by Crippen LogP contribution is -2.46. The monoisotopic (exact) mass is 461 g/mol. The summed E-state index contributed by atoms with van der Waals surface area (Å²) in [4.78, 5) is 14.7. The fraction of sp³-hybridized carbons (Fsp3) is 0.280. The van der Waals surface area contributed by atoms with Gasteiger partial charge in [-0.25, -0.2) is 0 Å². The third-order valence-corrected chi connectivity index (χ3v) is 6.07. The molecule has 0 radical (unpaired) electrons. The number of aromatic nitrogens is 1. The summed E-state index contributed by atoms with van der Waals surface area (Å²) >= 11 is 6.39. The van der Waals surface area contributed by atoms with Crippen molar-refractivity contribution in [1.29, 1.82) is 0 Å². The van der Waals surface area contributed by atoms with Gasteiger partial charge in [0.15, 0.2) is 5.60 Å². The molecular weight excluding hydrogens is 439 g/mol. The van der Waals surface area contributed by atoms with E-state index in [9.17, 15) is 23.1 Å². The van der Waals surface area contributed by atoms with Crippen LogP contribution in [0.2, 0.25) is 5.02 Å². The number of hydrogen-bond donors (Lipinski definition) is 1. The Balaban J connectivity index is 1.86. The third-order valence-electron chi connectivity index (χ3n) is 5.75. The number of rotatable bonds is 7. The summed E-state index contributed by atoms with van der Waals surface area (Å²) in [5, 5.41) is 11.1. The Morgan fingerprint density at radius 1 is 1.03 bits per heavy atom. The number of carbonyl (C=O) groups is 1. The molecule has 0 aliphatic carbocycles. The van der Waals surface area contributed by atoms with Crippen molar-refractivity contribution in [2.24, 2.45) is 0 Å². The Labute approximate surface area is 189 Å². The Hall–Kier alpha value is -2.70. The van der Waals surface area contributed by atoms with E-state index in [1.54, 1.807) is 37.3 Å². The first kappa shape index (κ1) is 24.0. The van der Waals surface area contributed by atoms with E-state index in [0.29, 0.717) is 24.1 Å². The van der Waals surface area contributed by atoms with Gasteiger partial charge in [-0.15, -0.1) is 0 Å². The molecule has 7 heteroatoms. The highest BCUT2D eigenvalue weighted by molar-refractivity contribution is 6.31. The van der Waals surface area contributed by atoms with Gasteiger partial charge in [0, 0.05) is 28.4 Å². The zero-order valence-electron chi connectivity index (χ0n) is 17.7. The Bertz CT molecular complexity index is 1100. The van der Waals surface area contributed by atoms with Gasteiger partial charge >= 0.3 is 6.18 Å². The number of carbonyl (C=O) groups excluding carboxylic acids is 1. The third kappa shape index (κ3) is 4.87. The van der Waals surface area contributed by atoms with Crippen LogP contribution in [-0.2, 0) is 18.4 Å². The van der Waals surface area contributed by atoms with Gasteiger partial charge in [-0.1, -0.05) is 54.9 Å². The number of aliphatic hydroxyl groups is 1. The molecule has 2 aromatic carbocycles. The average Bonchev–Trinajstić information content (AvgIpc) is 2.76. The molecule has 0 aliphatic rings. The van der Waals surface area contributed by atoms with E-state index in [4.69, 9.17) is 11.6 Å². The normalized spacial score (nSPS) is 14.6. The van der Waals surface area contributed by atoms with Crippen molar-refractivity contribution in [3.05, 3.63) is 99.3 Å². The zero-order chi connectivity index (χ0) is 23.5. The van der Waals surface area contributed by atoms with Crippen molar-refractivity contribution in [1.82, 2.24) is 4.98 Å². The second-order valence-electron chi connectivity index (χ2n) is 7.89. The van der Waals surface area contributed by atoms with Crippen LogP contribution >= 0.6 is 11.6 Å². The summed E-state index contributed by atoms with van der Waals surface area (Å²) in [5.74, 6) is -1.35. The van der Waals surface area contributed by atoms with Crippen LogP contribution in [0.1, 0.15) is 51.1 Å². The predicted octanol–water partition coefficient (Wildman–Crippen LogP) is 6.19. The largest absolute Gasteiger partial charge is 0.422 e. The molecule has 1 heterocycles. The zero-order valence-corrected chi connectivity index (χ0v) is 18.4. The van der Waals surface area contributed by atoms with Gasteiger partial charge in [0.05, 0.1) is 0 Å². The first-order valence-electron chi connectivity index (χ1n) is 10.1. The SMILES string of the molecule is Cc1cc(C(O)(C(C)c2ccc(CCc3ccc(C=O)cc3)cc2Cl)C(F)(F)F)ccn1. The minimum absolute atomic E-state index is 0.166. The quantitative estimate of drug-likeness (QED) is 0.426. The second-order valence-corrected chi connectivity index (χ2v) is 8.29. The van der Waals surface area contributed by atoms with Crippen LogP contribution in [-0.4, -0.2) is 22.6 Å². The van der Waals surface area contributed by atoms with E-state index in [1.807, 2.05) is 12.1 Å². The van der Waals surface area contributed by atoms with Crippen LogP contribution in [0.5, 0.6) is 0 Å². The van der Waals surface area contributed by atoms with Gasteiger partial charge in [-0.2, -0.15) is 13.2 Å². The van der Waals surface area contributed by atoms with Crippen LogP contribution in [0.3, 0.4) is 0 Å². The first-order chi connectivity index (χ1) is 15.1. The van der Waals surface area contributed by atoms with E-state index in [1.165, 1.54) is 25.3 Å². The van der Waals surface area contributed by atoms with Crippen molar-refractivity contribution in [2.45, 2.75) is 44.4 Å². The van der Waals surface area contributed by atoms with Crippen molar-refractivity contribution in [2.75, 3.05) is 0 Å². The van der Waals surface area contributed by atoms with Gasteiger partial charge in [0.1, 0.15) is 6.29 Å². The number of aryl methyl sites for hydroxylation is 3. The molecule has 0 aliphatic heterocycles. The van der Waals surface area contributed by atoms with Crippen LogP contribution in [0.25, 0.3) is 0 Å². The van der Waals surface area contributed by atoms with E-state index in [-0.39, 0.29) is 16.1 Å². The number of hydrogen-bond acceptors (Lipinski definition) is 3. The number of benzene rings is 2. The van der Waals surface area contributed by atoms with E-state index >= 15 is 0 Å². The van der Waals surface area contributed by atoms with Gasteiger partial charge < -0.3 is 5.11 Å². The van der Waals surface area contributed by atoms with Crippen LogP contribution < -0.4 is 0 Å². The predicted molar refractivity (Wildman–Crippen MR) is 118 cm³/mol. The molecule has 3 rings (SSSR count). The smallest absolute Gasteiger partial charge is 0.376 e. The summed E-state index contributed by atoms with van der Waals surface area (Å²) in [6.07, 6.45) is -1.58. The molecule has 1 aromatic heterocycles. The van der Waals surface area contributed by atoms with Crippen molar-refractivity contribution in [3.63, 3.8) is 0 Å². The molecule has 0 amide bonds. The molecule has 3 aromatic rings. The topological polar surface area (TPSA) is 50.2 Å². The Morgan fingerprint density at radius 3 is 2.22 bits per heavy atom. The number of alkyl halides is 3. The van der Waals surface area contributed by atoms with Gasteiger partial charge in [0.2, 0.25) is 0 Å². The summed E-state index contributed by atoms with van der Waals surface area (Å²) in [7, 11) is 0. The number of halogens is 4. The average molecular weight is 462 g/mol. The van der Waals surface area contributed by atoms with Gasteiger partial charge in [-0.05, 0) is 60.2 Å². The maximum Gasteiger partial charge on any atom is 0.422 e. The van der Waals surface area contributed by atoms with Crippen LogP contribution in [0, 0.1) is 6.92 Å². The van der Waals surface area contributed by atoms with E-state index in [2.05, 4.69) is 4.98 Å². The molecule has 0 spiro atoms. The second kappa shape index (κ2) is 9.43. The molecular formula is C25H23ClF3NO2. The minimum atomic E-state index is -4.92. The summed E-state index contributed by atoms with van der Waals surface area (Å²) in [5.41, 5.74) is -0.323. The lowest BCUT2D eigenvalue weighted by molar-refractivity contribution is -0.274. The fourth-order valence-corrected chi connectivity index (χ4v) is 4.16. The summed E-state index contributed by atoms with van der Waals surface area (Å²) in [6, 6.07) is 14.5. The molecule has 0 saturated carbocycles. The standard InChI is InChI=1S/C25H23ClF3NO2/c1-16-13-21(11-12-30-16)24(32,25(27,28)29)17(2)22-10-9-19(14-23(22)26)6-3-18-4-7-20(15-31)8-5-18/h4-5,7-15,17,32H,3,6H2,1-2H3. The fourth-order valence-electron chi connectivity index (χ4n) is 3.80. The molecule has 1 N–H and O–H groups in total. The number of aldehydes is 1. The number of nitrogens with zero attached hydrogens (tertiary/aromatic N) is 1. The minimum Gasteiger partial charge on any atom is -0.376 e. The lowest BCUT2D eigenvalue weighted by atomic mass is 9.77. The Morgan fingerprint density at radius 2 is 1.66 bits per heavy atom. The van der Waals surface area contributed by atoms with Gasteiger partial charge in [0.25, 0.3) is 0 Å². The molecule has 3 nitrogen and oxygen atoms in total. The molecule has 0 bridgehead atoms. The maximum absolute atomic E-state index is 14.1. The molecule has 32 heavy (non-hydrogen) atoms. The van der Waals surface area contributed by atoms with Crippen molar-refractivity contribution >= 4 is 17.9 Å². The Kier molecular flexibility index (Phi) is 7.06. The van der Waals surface area contributed by atoms with E-state index < -0.39 is 17.7 Å². The van der Waals surface area contributed by atoms with E-state index in [0.717, 1.165) is 17.4 Å². The van der Waals surface area contributed by atoms with Crippen molar-refractivity contribution in [3.8, 4) is 0 Å². The van der Waals surface area contributed by atoms with Gasteiger partial charge in [-0.3, -0.25) is 9.78 Å². The van der Waals surface area contributed by atoms with Crippen LogP contribution in [0.15, 0.2) is 60.8 Å². The molecule has 168 valence electrons. The molecule has 0 saturated heterocycles. The summed E-state index contributed by atoms with van der Waals surface area (Å²) < 4.78 is 42.3. The maximum atomic E-state index is 14.1. The van der Waals surface area contributed by atoms with Crippen LogP contribution in [0.4, 0.5) is 13.2 Å². The molecule has 2 atom stereocenters. The highest BCUT2D eigenvalue weighted by Gasteiger charge is 2.59. The molecule has 0 fully saturated rings. The van der Waals surface area contributed by atoms with Crippen molar-refractivity contribution < 1.29 is 23.1 Å². The highest BCUT2D eigenvalue weighted by Crippen LogP contribution is 2.49.